The molecule has 0 radical (unpaired) electrons. The Morgan fingerprint density at radius 2 is 2.00 bits per heavy atom. The van der Waals surface area contributed by atoms with Gasteiger partial charge < -0.3 is 5.73 Å². The van der Waals surface area contributed by atoms with Gasteiger partial charge in [0.1, 0.15) is 10.7 Å². The highest BCUT2D eigenvalue weighted by Gasteiger charge is 2.33. The molecule has 6 heteroatoms. The molecule has 0 spiro atoms. The lowest BCUT2D eigenvalue weighted by atomic mass is 10.2. The van der Waals surface area contributed by atoms with Crippen LogP contribution in [0, 0.1) is 5.82 Å². The summed E-state index contributed by atoms with van der Waals surface area (Å²) in [7, 11) is -3.72. The Hall–Kier alpha value is -1.14. The molecule has 1 aromatic rings. The predicted molar refractivity (Wildman–Crippen MR) is 72.6 cm³/mol. The Kier molecular flexibility index (Phi) is 4.10. The maximum absolute atomic E-state index is 13.3. The smallest absolute Gasteiger partial charge is 0.245 e. The number of sulfonamides is 1. The molecule has 2 N–H and O–H groups in total. The molecule has 0 bridgehead atoms. The van der Waals surface area contributed by atoms with E-state index in [0.29, 0.717) is 6.54 Å². The summed E-state index contributed by atoms with van der Waals surface area (Å²) in [4.78, 5) is -0.124. The van der Waals surface area contributed by atoms with E-state index in [1.54, 1.807) is 6.92 Å². The molecule has 0 aliphatic heterocycles. The van der Waals surface area contributed by atoms with Crippen LogP contribution in [0.3, 0.4) is 0 Å². The summed E-state index contributed by atoms with van der Waals surface area (Å²) >= 11 is 0. The first-order valence-electron chi connectivity index (χ1n) is 6.53. The van der Waals surface area contributed by atoms with Crippen LogP contribution in [0.5, 0.6) is 0 Å². The minimum Gasteiger partial charge on any atom is -0.398 e. The van der Waals surface area contributed by atoms with Crippen molar-refractivity contribution in [2.24, 2.45) is 0 Å². The molecule has 0 unspecified atom stereocenters. The second-order valence-electron chi connectivity index (χ2n) is 4.83. The van der Waals surface area contributed by atoms with Crippen molar-refractivity contribution in [3.8, 4) is 0 Å². The predicted octanol–water partition coefficient (Wildman–Crippen LogP) is 2.36. The molecule has 4 nitrogen and oxygen atoms in total. The van der Waals surface area contributed by atoms with E-state index in [9.17, 15) is 12.8 Å². The van der Waals surface area contributed by atoms with Crippen LogP contribution in [0.15, 0.2) is 23.1 Å². The summed E-state index contributed by atoms with van der Waals surface area (Å²) in [6.07, 6.45) is 3.80. The van der Waals surface area contributed by atoms with Gasteiger partial charge in [-0.1, -0.05) is 19.8 Å². The number of rotatable bonds is 4. The third kappa shape index (κ3) is 2.74. The van der Waals surface area contributed by atoms with Crippen LogP contribution >= 0.6 is 0 Å². The highest BCUT2D eigenvalue weighted by atomic mass is 32.2. The third-order valence-electron chi connectivity index (χ3n) is 3.61. The van der Waals surface area contributed by atoms with E-state index in [-0.39, 0.29) is 16.6 Å². The largest absolute Gasteiger partial charge is 0.398 e. The van der Waals surface area contributed by atoms with Gasteiger partial charge in [0.15, 0.2) is 0 Å². The van der Waals surface area contributed by atoms with Crippen LogP contribution in [0.1, 0.15) is 32.6 Å². The molecule has 1 aliphatic rings. The molecular weight excluding hydrogens is 267 g/mol. The normalized spacial score (nSPS) is 17.2. The van der Waals surface area contributed by atoms with Crippen molar-refractivity contribution in [2.75, 3.05) is 12.3 Å². The molecule has 2 rings (SSSR count). The number of hydrogen-bond donors (Lipinski definition) is 1. The number of nitrogens with two attached hydrogens (primary N) is 1. The van der Waals surface area contributed by atoms with Gasteiger partial charge in [-0.15, -0.1) is 0 Å². The summed E-state index contributed by atoms with van der Waals surface area (Å²) in [5.41, 5.74) is 5.79. The maximum Gasteiger partial charge on any atom is 0.245 e. The molecule has 1 aliphatic carbocycles. The summed E-state index contributed by atoms with van der Waals surface area (Å²) < 4.78 is 39.9. The molecule has 0 saturated heterocycles. The van der Waals surface area contributed by atoms with Gasteiger partial charge in [0.2, 0.25) is 10.0 Å². The molecule has 0 atom stereocenters. The Balaban J connectivity index is 2.42. The van der Waals surface area contributed by atoms with E-state index in [1.165, 1.54) is 16.4 Å². The van der Waals surface area contributed by atoms with E-state index >= 15 is 0 Å². The molecule has 1 fully saturated rings. The SMILES string of the molecule is CCN(C1CCCC1)S(=O)(=O)c1cc(F)ccc1N. The first kappa shape index (κ1) is 14.3. The van der Waals surface area contributed by atoms with Crippen LogP contribution in [0.4, 0.5) is 10.1 Å². The fourth-order valence-electron chi connectivity index (χ4n) is 2.67. The minimum absolute atomic E-state index is 0.0117. The quantitative estimate of drug-likeness (QED) is 0.864. The lowest BCUT2D eigenvalue weighted by Crippen LogP contribution is -2.38. The summed E-state index contributed by atoms with van der Waals surface area (Å²) in [6, 6.07) is 3.48. The fraction of sp³-hybridized carbons (Fsp3) is 0.538. The first-order valence-corrected chi connectivity index (χ1v) is 7.97. The van der Waals surface area contributed by atoms with Crippen LogP contribution in [-0.4, -0.2) is 25.3 Å². The van der Waals surface area contributed by atoms with Gasteiger partial charge in [-0.3, -0.25) is 0 Å². The second kappa shape index (κ2) is 5.46. The van der Waals surface area contributed by atoms with Crippen molar-refractivity contribution in [3.63, 3.8) is 0 Å². The van der Waals surface area contributed by atoms with E-state index in [1.807, 2.05) is 0 Å². The zero-order valence-electron chi connectivity index (χ0n) is 11.0. The number of benzene rings is 1. The van der Waals surface area contributed by atoms with E-state index in [2.05, 4.69) is 0 Å². The standard InChI is InChI=1S/C13H19FN2O2S/c1-2-16(11-5-3-4-6-11)19(17,18)13-9-10(14)7-8-12(13)15/h7-9,11H,2-6,15H2,1H3. The van der Waals surface area contributed by atoms with Gasteiger partial charge in [-0.05, 0) is 31.0 Å². The zero-order chi connectivity index (χ0) is 14.0. The summed E-state index contributed by atoms with van der Waals surface area (Å²) in [5.74, 6) is -0.588. The lowest BCUT2D eigenvalue weighted by molar-refractivity contribution is 0.335. The Morgan fingerprint density at radius 1 is 1.37 bits per heavy atom. The zero-order valence-corrected chi connectivity index (χ0v) is 11.8. The number of anilines is 1. The molecular formula is C13H19FN2O2S. The molecule has 0 amide bonds. The van der Waals surface area contributed by atoms with E-state index < -0.39 is 15.8 Å². The monoisotopic (exact) mass is 286 g/mol. The number of nitrogens with zero attached hydrogens (tertiary/aromatic N) is 1. The van der Waals surface area contributed by atoms with Crippen molar-refractivity contribution in [2.45, 2.75) is 43.5 Å². The van der Waals surface area contributed by atoms with Crippen molar-refractivity contribution < 1.29 is 12.8 Å². The van der Waals surface area contributed by atoms with Crippen molar-refractivity contribution in [3.05, 3.63) is 24.0 Å². The average molecular weight is 286 g/mol. The fourth-order valence-corrected chi connectivity index (χ4v) is 4.50. The maximum atomic E-state index is 13.3. The van der Waals surface area contributed by atoms with E-state index in [0.717, 1.165) is 31.7 Å². The molecule has 0 heterocycles. The molecule has 1 saturated carbocycles. The van der Waals surface area contributed by atoms with E-state index in [4.69, 9.17) is 5.73 Å². The molecule has 106 valence electrons. The molecule has 19 heavy (non-hydrogen) atoms. The summed E-state index contributed by atoms with van der Waals surface area (Å²) in [6.45, 7) is 2.17. The van der Waals surface area contributed by atoms with Gasteiger partial charge in [0, 0.05) is 12.6 Å². The lowest BCUT2D eigenvalue weighted by Gasteiger charge is -2.27. The van der Waals surface area contributed by atoms with Crippen molar-refractivity contribution >= 4 is 15.7 Å². The Labute approximate surface area is 113 Å². The number of halogens is 1. The van der Waals surface area contributed by atoms with Crippen LogP contribution in [0.25, 0.3) is 0 Å². The number of hydrogen-bond acceptors (Lipinski definition) is 3. The van der Waals surface area contributed by atoms with Crippen LogP contribution in [-0.2, 0) is 10.0 Å². The second-order valence-corrected chi connectivity index (χ2v) is 6.69. The van der Waals surface area contributed by atoms with Crippen LogP contribution in [0.2, 0.25) is 0 Å². The van der Waals surface area contributed by atoms with Crippen molar-refractivity contribution in [1.82, 2.24) is 4.31 Å². The molecule has 1 aromatic carbocycles. The minimum atomic E-state index is -3.72. The van der Waals surface area contributed by atoms with Gasteiger partial charge in [-0.25, -0.2) is 12.8 Å². The van der Waals surface area contributed by atoms with Crippen molar-refractivity contribution in [1.29, 1.82) is 0 Å². The Bertz CT molecular complexity index is 554. The first-order chi connectivity index (χ1) is 8.96. The van der Waals surface area contributed by atoms with Gasteiger partial charge >= 0.3 is 0 Å². The van der Waals surface area contributed by atoms with Gasteiger partial charge in [0.05, 0.1) is 5.69 Å². The average Bonchev–Trinajstić information content (AvgIpc) is 2.86. The van der Waals surface area contributed by atoms with Crippen LogP contribution < -0.4 is 5.73 Å². The molecule has 0 aromatic heterocycles. The van der Waals surface area contributed by atoms with Gasteiger partial charge in [0.25, 0.3) is 0 Å². The third-order valence-corrected chi connectivity index (χ3v) is 5.69. The topological polar surface area (TPSA) is 63.4 Å². The Morgan fingerprint density at radius 3 is 2.58 bits per heavy atom. The summed E-state index contributed by atoms with van der Waals surface area (Å²) in [5, 5.41) is 0. The van der Waals surface area contributed by atoms with Gasteiger partial charge in [-0.2, -0.15) is 4.31 Å². The highest BCUT2D eigenvalue weighted by Crippen LogP contribution is 2.30. The number of nitrogen functional groups attached to an aromatic ring is 1. The highest BCUT2D eigenvalue weighted by molar-refractivity contribution is 7.89.